The van der Waals surface area contributed by atoms with Crippen LogP contribution >= 0.6 is 11.6 Å². The summed E-state index contributed by atoms with van der Waals surface area (Å²) < 4.78 is 0. The quantitative estimate of drug-likeness (QED) is 0.541. The summed E-state index contributed by atoms with van der Waals surface area (Å²) >= 11 is 5.91. The van der Waals surface area contributed by atoms with Gasteiger partial charge in [0.05, 0.1) is 4.92 Å². The molecule has 1 amide bonds. The van der Waals surface area contributed by atoms with Gasteiger partial charge in [0.1, 0.15) is 5.02 Å². The SMILES string of the molecule is Cc1cc([N+](=O)[O-])c(Cl)cc1NC(=O)c1ccc2ccccc2c1. The van der Waals surface area contributed by atoms with Crippen LogP contribution in [-0.2, 0) is 0 Å². The van der Waals surface area contributed by atoms with E-state index in [1.807, 2.05) is 30.3 Å². The molecule has 3 aromatic rings. The van der Waals surface area contributed by atoms with Gasteiger partial charge in [-0.2, -0.15) is 0 Å². The first kappa shape index (κ1) is 16.0. The van der Waals surface area contributed by atoms with E-state index < -0.39 is 4.92 Å². The fourth-order valence-electron chi connectivity index (χ4n) is 2.47. The van der Waals surface area contributed by atoms with E-state index in [-0.39, 0.29) is 16.6 Å². The number of nitro groups is 1. The first-order valence-electron chi connectivity index (χ1n) is 7.20. The van der Waals surface area contributed by atoms with Gasteiger partial charge in [-0.05, 0) is 41.5 Å². The van der Waals surface area contributed by atoms with Gasteiger partial charge in [-0.15, -0.1) is 0 Å². The molecule has 6 heteroatoms. The Balaban J connectivity index is 1.91. The van der Waals surface area contributed by atoms with E-state index in [4.69, 9.17) is 11.6 Å². The Bertz CT molecular complexity index is 970. The van der Waals surface area contributed by atoms with Crippen molar-refractivity contribution >= 4 is 39.7 Å². The van der Waals surface area contributed by atoms with Gasteiger partial charge in [-0.1, -0.05) is 41.9 Å². The van der Waals surface area contributed by atoms with E-state index in [0.717, 1.165) is 10.8 Å². The van der Waals surface area contributed by atoms with Crippen LogP contribution in [0.2, 0.25) is 5.02 Å². The van der Waals surface area contributed by atoms with Gasteiger partial charge in [0.25, 0.3) is 11.6 Å². The number of anilines is 1. The summed E-state index contributed by atoms with van der Waals surface area (Å²) in [5.74, 6) is -0.297. The Hall–Kier alpha value is -2.92. The lowest BCUT2D eigenvalue weighted by Gasteiger charge is -2.10. The number of carbonyl (C=O) groups excluding carboxylic acids is 1. The highest BCUT2D eigenvalue weighted by molar-refractivity contribution is 6.33. The lowest BCUT2D eigenvalue weighted by atomic mass is 10.1. The van der Waals surface area contributed by atoms with Gasteiger partial charge in [0.2, 0.25) is 0 Å². The topological polar surface area (TPSA) is 72.2 Å². The molecule has 3 rings (SSSR count). The third-order valence-electron chi connectivity index (χ3n) is 3.75. The lowest BCUT2D eigenvalue weighted by Crippen LogP contribution is -2.13. The standard InChI is InChI=1S/C18H13ClN2O3/c1-11-8-17(21(23)24)15(19)10-16(11)20-18(22)14-7-6-12-4-2-3-5-13(12)9-14/h2-10H,1H3,(H,20,22). The zero-order valence-electron chi connectivity index (χ0n) is 12.7. The van der Waals surface area contributed by atoms with E-state index in [1.54, 1.807) is 19.1 Å². The molecule has 24 heavy (non-hydrogen) atoms. The fraction of sp³-hybridized carbons (Fsp3) is 0.0556. The van der Waals surface area contributed by atoms with Gasteiger partial charge in [-0.3, -0.25) is 14.9 Å². The molecular weight excluding hydrogens is 328 g/mol. The average Bonchev–Trinajstić information content (AvgIpc) is 2.57. The van der Waals surface area contributed by atoms with Crippen LogP contribution in [0.15, 0.2) is 54.6 Å². The van der Waals surface area contributed by atoms with Crippen molar-refractivity contribution < 1.29 is 9.72 Å². The maximum atomic E-state index is 12.5. The normalized spacial score (nSPS) is 10.6. The molecule has 5 nitrogen and oxygen atoms in total. The molecule has 3 aromatic carbocycles. The average molecular weight is 341 g/mol. The van der Waals surface area contributed by atoms with E-state index in [1.165, 1.54) is 12.1 Å². The molecule has 0 aromatic heterocycles. The molecule has 1 N–H and O–H groups in total. The van der Waals surface area contributed by atoms with Crippen LogP contribution < -0.4 is 5.32 Å². The smallest absolute Gasteiger partial charge is 0.288 e. The summed E-state index contributed by atoms with van der Waals surface area (Å²) in [5, 5.41) is 15.6. The van der Waals surface area contributed by atoms with Crippen molar-refractivity contribution in [1.82, 2.24) is 0 Å². The minimum Gasteiger partial charge on any atom is -0.322 e. The number of nitro benzene ring substituents is 1. The Morgan fingerprint density at radius 2 is 1.79 bits per heavy atom. The van der Waals surface area contributed by atoms with E-state index in [9.17, 15) is 14.9 Å². The number of aryl methyl sites for hydroxylation is 1. The second-order valence-corrected chi connectivity index (χ2v) is 5.80. The first-order valence-corrected chi connectivity index (χ1v) is 7.58. The summed E-state index contributed by atoms with van der Waals surface area (Å²) in [6.45, 7) is 1.68. The number of hydrogen-bond acceptors (Lipinski definition) is 3. The van der Waals surface area contributed by atoms with Gasteiger partial charge in [0.15, 0.2) is 0 Å². The molecule has 0 aliphatic rings. The second kappa shape index (κ2) is 6.29. The number of nitrogens with zero attached hydrogens (tertiary/aromatic N) is 1. The first-order chi connectivity index (χ1) is 11.5. The third kappa shape index (κ3) is 3.07. The zero-order chi connectivity index (χ0) is 17.3. The predicted molar refractivity (Wildman–Crippen MR) is 94.7 cm³/mol. The molecule has 0 saturated heterocycles. The van der Waals surface area contributed by atoms with Gasteiger partial charge in [-0.25, -0.2) is 0 Å². The minimum absolute atomic E-state index is 0.0144. The van der Waals surface area contributed by atoms with E-state index in [0.29, 0.717) is 16.8 Å². The maximum absolute atomic E-state index is 12.5. The highest BCUT2D eigenvalue weighted by Gasteiger charge is 2.16. The lowest BCUT2D eigenvalue weighted by molar-refractivity contribution is -0.384. The molecule has 0 fully saturated rings. The fourth-order valence-corrected chi connectivity index (χ4v) is 2.70. The zero-order valence-corrected chi connectivity index (χ0v) is 13.5. The summed E-state index contributed by atoms with van der Waals surface area (Å²) in [7, 11) is 0. The summed E-state index contributed by atoms with van der Waals surface area (Å²) in [6.07, 6.45) is 0. The molecule has 0 unspecified atom stereocenters. The number of carbonyl (C=O) groups is 1. The number of amides is 1. The number of halogens is 1. The van der Waals surface area contributed by atoms with Crippen molar-refractivity contribution in [2.24, 2.45) is 0 Å². The number of rotatable bonds is 3. The van der Waals surface area contributed by atoms with Crippen molar-refractivity contribution in [1.29, 1.82) is 0 Å². The van der Waals surface area contributed by atoms with Crippen molar-refractivity contribution in [3.63, 3.8) is 0 Å². The van der Waals surface area contributed by atoms with Crippen LogP contribution in [0.3, 0.4) is 0 Å². The van der Waals surface area contributed by atoms with Crippen LogP contribution in [0.5, 0.6) is 0 Å². The van der Waals surface area contributed by atoms with Crippen molar-refractivity contribution in [2.75, 3.05) is 5.32 Å². The molecule has 0 bridgehead atoms. The molecule has 0 aliphatic heterocycles. The molecule has 0 heterocycles. The molecule has 0 aliphatic carbocycles. The Kier molecular flexibility index (Phi) is 4.18. The van der Waals surface area contributed by atoms with E-state index >= 15 is 0 Å². The summed E-state index contributed by atoms with van der Waals surface area (Å²) in [4.78, 5) is 22.8. The highest BCUT2D eigenvalue weighted by atomic mass is 35.5. The van der Waals surface area contributed by atoms with Gasteiger partial charge >= 0.3 is 0 Å². The molecule has 0 saturated carbocycles. The van der Waals surface area contributed by atoms with Crippen LogP contribution in [0.4, 0.5) is 11.4 Å². The van der Waals surface area contributed by atoms with Crippen molar-refractivity contribution in [3.05, 3.63) is 80.9 Å². The van der Waals surface area contributed by atoms with Gasteiger partial charge < -0.3 is 5.32 Å². The van der Waals surface area contributed by atoms with Gasteiger partial charge in [0, 0.05) is 17.3 Å². The third-order valence-corrected chi connectivity index (χ3v) is 4.05. The number of hydrogen-bond donors (Lipinski definition) is 1. The van der Waals surface area contributed by atoms with Crippen LogP contribution in [0, 0.1) is 17.0 Å². The Morgan fingerprint density at radius 1 is 1.08 bits per heavy atom. The Labute approximate surface area is 143 Å². The monoisotopic (exact) mass is 340 g/mol. The summed E-state index contributed by atoms with van der Waals surface area (Å²) in [5.41, 5.74) is 1.34. The van der Waals surface area contributed by atoms with Crippen LogP contribution in [-0.4, -0.2) is 10.8 Å². The summed E-state index contributed by atoms with van der Waals surface area (Å²) in [6, 6.07) is 15.9. The predicted octanol–water partition coefficient (Wildman–Crippen LogP) is 4.96. The van der Waals surface area contributed by atoms with E-state index in [2.05, 4.69) is 5.32 Å². The number of benzene rings is 3. The largest absolute Gasteiger partial charge is 0.322 e. The van der Waals surface area contributed by atoms with Crippen molar-refractivity contribution in [3.8, 4) is 0 Å². The number of fused-ring (bicyclic) bond motifs is 1. The second-order valence-electron chi connectivity index (χ2n) is 5.39. The number of nitrogens with one attached hydrogen (secondary N) is 1. The maximum Gasteiger partial charge on any atom is 0.288 e. The molecule has 0 radical (unpaired) electrons. The Morgan fingerprint density at radius 3 is 2.50 bits per heavy atom. The molecule has 0 atom stereocenters. The van der Waals surface area contributed by atoms with Crippen LogP contribution in [0.1, 0.15) is 15.9 Å². The minimum atomic E-state index is -0.551. The van der Waals surface area contributed by atoms with Crippen molar-refractivity contribution in [2.45, 2.75) is 6.92 Å². The molecule has 0 spiro atoms. The molecule has 120 valence electrons. The molecular formula is C18H13ClN2O3. The highest BCUT2D eigenvalue weighted by Crippen LogP contribution is 2.30. The van der Waals surface area contributed by atoms with Crippen LogP contribution in [0.25, 0.3) is 10.8 Å².